The predicted octanol–water partition coefficient (Wildman–Crippen LogP) is 6.07. The zero-order valence-electron chi connectivity index (χ0n) is 29.1. The molecule has 3 aromatic carbocycles. The summed E-state index contributed by atoms with van der Waals surface area (Å²) in [5.41, 5.74) is -2.88. The third kappa shape index (κ3) is 5.76. The summed E-state index contributed by atoms with van der Waals surface area (Å²) in [5, 5.41) is 19.6. The molecule has 2 heterocycles. The molecule has 1 aliphatic heterocycles. The molecule has 2 N–H and O–H groups in total. The molecule has 4 aliphatic rings. The van der Waals surface area contributed by atoms with E-state index in [1.165, 1.54) is 6.07 Å². The van der Waals surface area contributed by atoms with Gasteiger partial charge in [-0.2, -0.15) is 13.2 Å². The number of Topliss-reactive ketones (excluding diaryl/α,β-unsaturated/α-hetero) is 3. The Morgan fingerprint density at radius 2 is 1.64 bits per heavy atom. The summed E-state index contributed by atoms with van der Waals surface area (Å²) in [6.45, 7) is 0.518. The number of ketones is 3. The Morgan fingerprint density at radius 3 is 2.25 bits per heavy atom. The van der Waals surface area contributed by atoms with Crippen molar-refractivity contribution in [2.24, 2.45) is 17.8 Å². The molecular formula is C40H38F3N3O7. The van der Waals surface area contributed by atoms with Crippen molar-refractivity contribution in [2.45, 2.75) is 62.8 Å². The summed E-state index contributed by atoms with van der Waals surface area (Å²) in [6, 6.07) is 17.9. The largest absolute Gasteiger partial charge is 0.488 e. The molecule has 0 amide bonds. The summed E-state index contributed by atoms with van der Waals surface area (Å²) in [4.78, 5) is 45.5. The molecule has 4 aromatic rings. The van der Waals surface area contributed by atoms with Gasteiger partial charge in [-0.05, 0) is 85.7 Å². The van der Waals surface area contributed by atoms with Gasteiger partial charge in [0.2, 0.25) is 5.78 Å². The standard InChI is InChI=1S/C40H38F3N3O7/c1-46(2)33-26-17-23-16-25-30(28(51-19-21-10-5-3-6-11-21)18-24(27-14-9-15-44-27)32(25)40(41,42)43)34(47)29(23)36(48)39(26,50)37(49)31-35(33)53-45-38(31)52-20-22-12-7-4-8-13-22/h3-8,10-13,18,23,26-27,29,33,44,50H,9,14-17,19-20H2,1-2H3. The van der Waals surface area contributed by atoms with E-state index in [1.54, 1.807) is 43.3 Å². The van der Waals surface area contributed by atoms with Gasteiger partial charge in [-0.15, -0.1) is 0 Å². The number of hydrogen-bond donors (Lipinski definition) is 2. The second-order valence-electron chi connectivity index (χ2n) is 14.6. The van der Waals surface area contributed by atoms with Crippen molar-refractivity contribution in [2.75, 3.05) is 20.6 Å². The number of aliphatic hydroxyl groups is 1. The quantitative estimate of drug-likeness (QED) is 0.206. The average molecular weight is 730 g/mol. The first-order valence-corrected chi connectivity index (χ1v) is 17.7. The van der Waals surface area contributed by atoms with E-state index >= 15 is 13.2 Å². The molecule has 0 bridgehead atoms. The van der Waals surface area contributed by atoms with Crippen LogP contribution in [0.25, 0.3) is 0 Å². The van der Waals surface area contributed by atoms with Gasteiger partial charge in [-0.1, -0.05) is 60.7 Å². The Balaban J connectivity index is 1.23. The SMILES string of the molecule is CN(C)C1c2onc(OCc3ccccc3)c2C(=O)C2(O)C(=O)C3C(=O)c4c(OCc5ccccc5)cc(C5CCCN5)c(C(F)(F)F)c4CC3CC12. The highest BCUT2D eigenvalue weighted by molar-refractivity contribution is 6.27. The highest BCUT2D eigenvalue weighted by atomic mass is 19.4. The van der Waals surface area contributed by atoms with Crippen LogP contribution >= 0.6 is 0 Å². The van der Waals surface area contributed by atoms with Gasteiger partial charge in [0.05, 0.1) is 23.1 Å². The van der Waals surface area contributed by atoms with E-state index in [-0.39, 0.29) is 65.7 Å². The summed E-state index contributed by atoms with van der Waals surface area (Å²) < 4.78 is 63.4. The third-order valence-corrected chi connectivity index (χ3v) is 11.3. The van der Waals surface area contributed by atoms with Gasteiger partial charge in [0, 0.05) is 12.0 Å². The van der Waals surface area contributed by atoms with Crippen molar-refractivity contribution in [3.05, 3.63) is 111 Å². The average Bonchev–Trinajstić information content (AvgIpc) is 3.82. The Morgan fingerprint density at radius 1 is 0.981 bits per heavy atom. The van der Waals surface area contributed by atoms with Gasteiger partial charge in [0.15, 0.2) is 22.9 Å². The summed E-state index contributed by atoms with van der Waals surface area (Å²) in [5.74, 6) is -6.87. The van der Waals surface area contributed by atoms with E-state index in [4.69, 9.17) is 14.0 Å². The van der Waals surface area contributed by atoms with Crippen LogP contribution in [-0.4, -0.2) is 58.8 Å². The molecule has 13 heteroatoms. The number of ether oxygens (including phenoxy) is 2. The molecule has 0 radical (unpaired) electrons. The molecule has 1 saturated carbocycles. The van der Waals surface area contributed by atoms with Gasteiger partial charge < -0.3 is 24.4 Å². The van der Waals surface area contributed by atoms with Gasteiger partial charge in [0.1, 0.15) is 24.5 Å². The van der Waals surface area contributed by atoms with E-state index in [9.17, 15) is 19.5 Å². The highest BCUT2D eigenvalue weighted by Crippen LogP contribution is 2.57. The maximum Gasteiger partial charge on any atom is 0.417 e. The van der Waals surface area contributed by atoms with Crippen LogP contribution in [-0.2, 0) is 30.6 Å². The number of alkyl halides is 3. The third-order valence-electron chi connectivity index (χ3n) is 11.3. The zero-order chi connectivity index (χ0) is 37.2. The molecule has 1 aromatic heterocycles. The van der Waals surface area contributed by atoms with E-state index in [0.717, 1.165) is 11.1 Å². The number of benzene rings is 3. The van der Waals surface area contributed by atoms with Crippen LogP contribution in [0, 0.1) is 17.8 Å². The molecule has 53 heavy (non-hydrogen) atoms. The van der Waals surface area contributed by atoms with Crippen LogP contribution in [0.3, 0.4) is 0 Å². The number of aromatic nitrogens is 1. The van der Waals surface area contributed by atoms with Crippen molar-refractivity contribution in [1.29, 1.82) is 0 Å². The lowest BCUT2D eigenvalue weighted by atomic mass is 9.54. The molecule has 6 unspecified atom stereocenters. The van der Waals surface area contributed by atoms with Crippen molar-refractivity contribution in [1.82, 2.24) is 15.4 Å². The summed E-state index contributed by atoms with van der Waals surface area (Å²) in [7, 11) is 3.35. The molecule has 3 aliphatic carbocycles. The highest BCUT2D eigenvalue weighted by Gasteiger charge is 2.67. The Hall–Kier alpha value is -4.85. The molecule has 2 fully saturated rings. The van der Waals surface area contributed by atoms with E-state index in [0.29, 0.717) is 19.4 Å². The number of nitrogens with one attached hydrogen (secondary N) is 1. The van der Waals surface area contributed by atoms with Crippen LogP contribution < -0.4 is 14.8 Å². The Labute approximate surface area is 303 Å². The lowest BCUT2D eigenvalue weighted by molar-refractivity contribution is -0.154. The number of carbonyl (C=O) groups is 3. The maximum absolute atomic E-state index is 15.2. The molecular weight excluding hydrogens is 691 g/mol. The number of rotatable bonds is 8. The van der Waals surface area contributed by atoms with Crippen molar-refractivity contribution < 1.29 is 46.7 Å². The van der Waals surface area contributed by atoms with Gasteiger partial charge in [-0.25, -0.2) is 0 Å². The topological polar surface area (TPSA) is 131 Å². The number of hydrogen-bond acceptors (Lipinski definition) is 10. The molecule has 0 spiro atoms. The van der Waals surface area contributed by atoms with Crippen molar-refractivity contribution in [3.8, 4) is 11.6 Å². The second-order valence-corrected chi connectivity index (χ2v) is 14.6. The fourth-order valence-corrected chi connectivity index (χ4v) is 8.96. The minimum atomic E-state index is -4.83. The number of halogens is 3. The van der Waals surface area contributed by atoms with Crippen molar-refractivity contribution in [3.63, 3.8) is 0 Å². The van der Waals surface area contributed by atoms with Crippen LogP contribution in [0.4, 0.5) is 13.2 Å². The normalized spacial score (nSPS) is 26.5. The minimum absolute atomic E-state index is 0.00458. The number of carbonyl (C=O) groups excluding carboxylic acids is 3. The lowest BCUT2D eigenvalue weighted by Crippen LogP contribution is -2.66. The van der Waals surface area contributed by atoms with E-state index in [1.807, 2.05) is 36.4 Å². The first kappa shape index (κ1) is 35.2. The smallest absolute Gasteiger partial charge is 0.417 e. The van der Waals surface area contributed by atoms with Gasteiger partial charge in [-0.3, -0.25) is 19.3 Å². The monoisotopic (exact) mass is 729 g/mol. The fraction of sp³-hybridized carbons (Fsp3) is 0.400. The molecule has 1 saturated heterocycles. The van der Waals surface area contributed by atoms with Crippen LogP contribution in [0.5, 0.6) is 11.6 Å². The number of fused-ring (bicyclic) bond motifs is 4. The first-order chi connectivity index (χ1) is 25.4. The fourth-order valence-electron chi connectivity index (χ4n) is 8.96. The summed E-state index contributed by atoms with van der Waals surface area (Å²) >= 11 is 0. The zero-order valence-corrected chi connectivity index (χ0v) is 29.1. The lowest BCUT2D eigenvalue weighted by Gasteiger charge is -2.51. The molecule has 10 nitrogen and oxygen atoms in total. The van der Waals surface area contributed by atoms with E-state index < -0.39 is 64.5 Å². The Kier molecular flexibility index (Phi) is 8.78. The molecule has 276 valence electrons. The van der Waals surface area contributed by atoms with E-state index in [2.05, 4.69) is 10.5 Å². The van der Waals surface area contributed by atoms with Crippen LogP contribution in [0.2, 0.25) is 0 Å². The molecule has 6 atom stereocenters. The summed E-state index contributed by atoms with van der Waals surface area (Å²) in [6.07, 6.45) is -4.08. The van der Waals surface area contributed by atoms with Gasteiger partial charge >= 0.3 is 6.18 Å². The first-order valence-electron chi connectivity index (χ1n) is 17.7. The maximum atomic E-state index is 15.2. The van der Waals surface area contributed by atoms with Crippen molar-refractivity contribution >= 4 is 17.3 Å². The van der Waals surface area contributed by atoms with Crippen LogP contribution in [0.15, 0.2) is 71.3 Å². The predicted molar refractivity (Wildman–Crippen MR) is 183 cm³/mol. The molecule has 8 rings (SSSR count). The number of nitrogens with zero attached hydrogens (tertiary/aromatic N) is 2. The van der Waals surface area contributed by atoms with Crippen LogP contribution in [0.1, 0.15) is 85.6 Å². The second kappa shape index (κ2) is 13.2. The minimum Gasteiger partial charge on any atom is -0.488 e. The van der Waals surface area contributed by atoms with Gasteiger partial charge in [0.25, 0.3) is 5.88 Å². The Bertz CT molecular complexity index is 2080.